The van der Waals surface area contributed by atoms with Crippen molar-refractivity contribution in [2.45, 2.75) is 45.1 Å². The number of halogens is 1. The summed E-state index contributed by atoms with van der Waals surface area (Å²) in [6.45, 7) is 4.25. The van der Waals surface area contributed by atoms with Gasteiger partial charge in [-0.05, 0) is 38.3 Å². The van der Waals surface area contributed by atoms with Crippen LogP contribution in [-0.4, -0.2) is 31.6 Å². The first kappa shape index (κ1) is 17.9. The molecule has 1 unspecified atom stereocenters. The van der Waals surface area contributed by atoms with Crippen molar-refractivity contribution < 1.29 is 9.53 Å². The monoisotopic (exact) mass is 339 g/mol. The van der Waals surface area contributed by atoms with Crippen molar-refractivity contribution in [1.82, 2.24) is 10.6 Å². The highest BCUT2D eigenvalue weighted by Gasteiger charge is 2.17. The van der Waals surface area contributed by atoms with Crippen molar-refractivity contribution in [3.63, 3.8) is 0 Å². The standard InChI is InChI=1S/C17H26ClN3O2/c1-2-9-23-16-11-15(19)14(18)10-13(16)17(22)21-8-6-12-5-3-4-7-20-12/h10-12,20H,2-9,19H2,1H3,(H,21,22). The van der Waals surface area contributed by atoms with Crippen LogP contribution in [0.3, 0.4) is 0 Å². The normalized spacial score (nSPS) is 17.7. The Hall–Kier alpha value is -1.46. The van der Waals surface area contributed by atoms with E-state index in [0.717, 1.165) is 19.4 Å². The molecule has 1 atom stereocenters. The van der Waals surface area contributed by atoms with Gasteiger partial charge in [0.2, 0.25) is 0 Å². The first-order chi connectivity index (χ1) is 11.1. The maximum atomic E-state index is 12.4. The largest absolute Gasteiger partial charge is 0.493 e. The van der Waals surface area contributed by atoms with Gasteiger partial charge in [-0.15, -0.1) is 0 Å². The van der Waals surface area contributed by atoms with E-state index < -0.39 is 0 Å². The third kappa shape index (κ3) is 5.29. The molecule has 1 saturated heterocycles. The first-order valence-electron chi connectivity index (χ1n) is 8.35. The molecule has 1 aliphatic heterocycles. The molecule has 1 aliphatic rings. The summed E-state index contributed by atoms with van der Waals surface area (Å²) in [5.74, 6) is 0.316. The summed E-state index contributed by atoms with van der Waals surface area (Å²) in [5.41, 5.74) is 6.66. The number of nitrogen functional groups attached to an aromatic ring is 1. The Morgan fingerprint density at radius 3 is 3.00 bits per heavy atom. The lowest BCUT2D eigenvalue weighted by Gasteiger charge is -2.23. The molecule has 2 rings (SSSR count). The number of rotatable bonds is 7. The Kier molecular flexibility index (Phi) is 6.99. The van der Waals surface area contributed by atoms with Gasteiger partial charge < -0.3 is 21.1 Å². The number of ether oxygens (including phenoxy) is 1. The third-order valence-electron chi connectivity index (χ3n) is 4.00. The molecule has 5 nitrogen and oxygen atoms in total. The van der Waals surface area contributed by atoms with Crippen LogP contribution < -0.4 is 21.1 Å². The van der Waals surface area contributed by atoms with Gasteiger partial charge >= 0.3 is 0 Å². The van der Waals surface area contributed by atoms with Crippen LogP contribution >= 0.6 is 11.6 Å². The molecular formula is C17H26ClN3O2. The Morgan fingerprint density at radius 1 is 1.48 bits per heavy atom. The van der Waals surface area contributed by atoms with E-state index in [-0.39, 0.29) is 5.91 Å². The predicted octanol–water partition coefficient (Wildman–Crippen LogP) is 2.97. The maximum absolute atomic E-state index is 12.4. The molecule has 0 aliphatic carbocycles. The summed E-state index contributed by atoms with van der Waals surface area (Å²) >= 11 is 6.05. The van der Waals surface area contributed by atoms with Crippen molar-refractivity contribution >= 4 is 23.2 Å². The highest BCUT2D eigenvalue weighted by Crippen LogP contribution is 2.29. The number of hydrogen-bond donors (Lipinski definition) is 3. The average Bonchev–Trinajstić information content (AvgIpc) is 2.56. The van der Waals surface area contributed by atoms with E-state index in [1.807, 2.05) is 6.92 Å². The lowest BCUT2D eigenvalue weighted by molar-refractivity contribution is 0.0947. The quantitative estimate of drug-likeness (QED) is 0.667. The van der Waals surface area contributed by atoms with Crippen LogP contribution in [0.2, 0.25) is 5.02 Å². The molecule has 128 valence electrons. The molecule has 1 fully saturated rings. The van der Waals surface area contributed by atoms with Crippen molar-refractivity contribution in [2.75, 3.05) is 25.4 Å². The van der Waals surface area contributed by atoms with Gasteiger partial charge in [-0.25, -0.2) is 0 Å². The summed E-state index contributed by atoms with van der Waals surface area (Å²) in [5, 5.41) is 6.79. The zero-order valence-electron chi connectivity index (χ0n) is 13.7. The number of benzene rings is 1. The smallest absolute Gasteiger partial charge is 0.255 e. The van der Waals surface area contributed by atoms with Crippen molar-refractivity contribution in [2.24, 2.45) is 0 Å². The van der Waals surface area contributed by atoms with Gasteiger partial charge in [-0.1, -0.05) is 24.9 Å². The third-order valence-corrected chi connectivity index (χ3v) is 4.32. The topological polar surface area (TPSA) is 76.4 Å². The molecule has 1 aromatic rings. The summed E-state index contributed by atoms with van der Waals surface area (Å²) in [6, 6.07) is 3.70. The molecule has 0 spiro atoms. The minimum atomic E-state index is -0.172. The van der Waals surface area contributed by atoms with Crippen LogP contribution in [0.4, 0.5) is 5.69 Å². The molecule has 4 N–H and O–H groups in total. The van der Waals surface area contributed by atoms with Gasteiger partial charge in [-0.2, -0.15) is 0 Å². The fourth-order valence-electron chi connectivity index (χ4n) is 2.70. The first-order valence-corrected chi connectivity index (χ1v) is 8.73. The van der Waals surface area contributed by atoms with E-state index in [1.165, 1.54) is 19.3 Å². The van der Waals surface area contributed by atoms with Gasteiger partial charge in [0.05, 0.1) is 22.9 Å². The fraction of sp³-hybridized carbons (Fsp3) is 0.588. The van der Waals surface area contributed by atoms with Crippen LogP contribution in [0.1, 0.15) is 49.4 Å². The lowest BCUT2D eigenvalue weighted by atomic mass is 10.0. The SMILES string of the molecule is CCCOc1cc(N)c(Cl)cc1C(=O)NCCC1CCCCN1. The number of nitrogens with two attached hydrogens (primary N) is 1. The number of piperidine rings is 1. The minimum absolute atomic E-state index is 0.172. The minimum Gasteiger partial charge on any atom is -0.493 e. The molecule has 1 heterocycles. The van der Waals surface area contributed by atoms with E-state index in [2.05, 4.69) is 10.6 Å². The second-order valence-electron chi connectivity index (χ2n) is 5.91. The highest BCUT2D eigenvalue weighted by molar-refractivity contribution is 6.33. The molecular weight excluding hydrogens is 314 g/mol. The number of anilines is 1. The zero-order chi connectivity index (χ0) is 16.7. The van der Waals surface area contributed by atoms with Crippen LogP contribution in [-0.2, 0) is 0 Å². The van der Waals surface area contributed by atoms with Gasteiger partial charge in [0.25, 0.3) is 5.91 Å². The Bertz CT molecular complexity index is 531. The predicted molar refractivity (Wildman–Crippen MR) is 94.2 cm³/mol. The second-order valence-corrected chi connectivity index (χ2v) is 6.32. The Labute approximate surface area is 142 Å². The fourth-order valence-corrected chi connectivity index (χ4v) is 2.87. The van der Waals surface area contributed by atoms with Gasteiger partial charge in [-0.3, -0.25) is 4.79 Å². The number of nitrogens with one attached hydrogen (secondary N) is 2. The molecule has 1 amide bonds. The zero-order valence-corrected chi connectivity index (χ0v) is 14.4. The van der Waals surface area contributed by atoms with Crippen LogP contribution in [0.15, 0.2) is 12.1 Å². The molecule has 0 aromatic heterocycles. The van der Waals surface area contributed by atoms with E-state index >= 15 is 0 Å². The van der Waals surface area contributed by atoms with Crippen LogP contribution in [0.5, 0.6) is 5.75 Å². The maximum Gasteiger partial charge on any atom is 0.255 e. The van der Waals surface area contributed by atoms with Crippen molar-refractivity contribution in [3.8, 4) is 5.75 Å². The Morgan fingerprint density at radius 2 is 2.30 bits per heavy atom. The van der Waals surface area contributed by atoms with Gasteiger partial charge in [0.1, 0.15) is 5.75 Å². The summed E-state index contributed by atoms with van der Waals surface area (Å²) in [7, 11) is 0. The molecule has 1 aromatic carbocycles. The Balaban J connectivity index is 1.95. The summed E-state index contributed by atoms with van der Waals surface area (Å²) in [6.07, 6.45) is 5.46. The van der Waals surface area contributed by atoms with Gasteiger partial charge in [0, 0.05) is 18.7 Å². The second kappa shape index (κ2) is 8.99. The number of amides is 1. The van der Waals surface area contributed by atoms with Crippen molar-refractivity contribution in [3.05, 3.63) is 22.7 Å². The molecule has 0 bridgehead atoms. The number of carbonyl (C=O) groups excluding carboxylic acids is 1. The van der Waals surface area contributed by atoms with E-state index in [9.17, 15) is 4.79 Å². The highest BCUT2D eigenvalue weighted by atomic mass is 35.5. The van der Waals surface area contributed by atoms with E-state index in [4.69, 9.17) is 22.1 Å². The number of hydrogen-bond acceptors (Lipinski definition) is 4. The lowest BCUT2D eigenvalue weighted by Crippen LogP contribution is -2.37. The van der Waals surface area contributed by atoms with Gasteiger partial charge in [0.15, 0.2) is 0 Å². The molecule has 23 heavy (non-hydrogen) atoms. The molecule has 0 saturated carbocycles. The number of carbonyl (C=O) groups is 1. The van der Waals surface area contributed by atoms with E-state index in [1.54, 1.807) is 12.1 Å². The van der Waals surface area contributed by atoms with Crippen LogP contribution in [0, 0.1) is 0 Å². The van der Waals surface area contributed by atoms with Crippen molar-refractivity contribution in [1.29, 1.82) is 0 Å². The average molecular weight is 340 g/mol. The summed E-state index contributed by atoms with van der Waals surface area (Å²) in [4.78, 5) is 12.4. The summed E-state index contributed by atoms with van der Waals surface area (Å²) < 4.78 is 5.63. The van der Waals surface area contributed by atoms with E-state index in [0.29, 0.717) is 41.2 Å². The molecule has 0 radical (unpaired) electrons. The van der Waals surface area contributed by atoms with Crippen LogP contribution in [0.25, 0.3) is 0 Å². The molecule has 6 heteroatoms.